The first-order chi connectivity index (χ1) is 7.74. The third kappa shape index (κ3) is 3.83. The molecule has 2 aromatic rings. The number of rotatable bonds is 2. The van der Waals surface area contributed by atoms with E-state index in [0.717, 1.165) is 5.69 Å². The van der Waals surface area contributed by atoms with Crippen LogP contribution in [0.25, 0.3) is 0 Å². The minimum atomic E-state index is -0.163. The van der Waals surface area contributed by atoms with Crippen molar-refractivity contribution in [2.24, 2.45) is 0 Å². The van der Waals surface area contributed by atoms with Gasteiger partial charge in [0, 0.05) is 30.7 Å². The van der Waals surface area contributed by atoms with Gasteiger partial charge in [0.1, 0.15) is 0 Å². The quantitative estimate of drug-likeness (QED) is 0.525. The number of nitrogens with zero attached hydrogens (tertiary/aromatic N) is 2. The first kappa shape index (κ1) is 11.8. The van der Waals surface area contributed by atoms with Gasteiger partial charge < -0.3 is 10.2 Å². The summed E-state index contributed by atoms with van der Waals surface area (Å²) in [4.78, 5) is 6.63. The van der Waals surface area contributed by atoms with Gasteiger partial charge in [-0.2, -0.15) is 4.73 Å². The molecular formula is C11H14N4O. The molecule has 5 nitrogen and oxygen atoms in total. The average Bonchev–Trinajstić information content (AvgIpc) is 2.82. The fraction of sp³-hybridized carbons (Fsp3) is 0.0909. The van der Waals surface area contributed by atoms with Crippen molar-refractivity contribution >= 4 is 0 Å². The fourth-order valence-electron chi connectivity index (χ4n) is 0.991. The molecule has 0 aliphatic rings. The molecule has 0 saturated heterocycles. The Hall–Kier alpha value is -2.30. The van der Waals surface area contributed by atoms with Crippen LogP contribution in [0.15, 0.2) is 49.4 Å². The highest BCUT2D eigenvalue weighted by molar-refractivity contribution is 5.02. The van der Waals surface area contributed by atoms with Crippen LogP contribution in [0.5, 0.6) is 0 Å². The molecule has 3 N–H and O–H groups in total. The molecule has 0 spiro atoms. The fourth-order valence-corrected chi connectivity index (χ4v) is 0.991. The van der Waals surface area contributed by atoms with Crippen LogP contribution in [0.1, 0.15) is 5.69 Å². The average molecular weight is 218 g/mol. The van der Waals surface area contributed by atoms with Crippen molar-refractivity contribution in [3.8, 4) is 0 Å². The van der Waals surface area contributed by atoms with Gasteiger partial charge in [-0.15, -0.1) is 6.58 Å². The molecule has 84 valence electrons. The SMILES string of the molecule is C=CCc1ccn(O)c(=N)n1.c1cc[nH]c1. The Kier molecular flexibility index (Phi) is 4.59. The van der Waals surface area contributed by atoms with E-state index in [2.05, 4.69) is 16.5 Å². The Labute approximate surface area is 93.2 Å². The summed E-state index contributed by atoms with van der Waals surface area (Å²) in [5.41, 5.74) is 0.569. The van der Waals surface area contributed by atoms with E-state index in [9.17, 15) is 0 Å². The van der Waals surface area contributed by atoms with E-state index in [4.69, 9.17) is 10.6 Å². The number of nitrogens with one attached hydrogen (secondary N) is 2. The van der Waals surface area contributed by atoms with Gasteiger partial charge in [0.25, 0.3) is 5.62 Å². The lowest BCUT2D eigenvalue weighted by Gasteiger charge is -1.97. The van der Waals surface area contributed by atoms with Crippen molar-refractivity contribution in [2.45, 2.75) is 6.42 Å². The van der Waals surface area contributed by atoms with E-state index < -0.39 is 0 Å². The normalized spacial score (nSPS) is 9.00. The molecule has 0 saturated carbocycles. The topological polar surface area (TPSA) is 77.7 Å². The summed E-state index contributed by atoms with van der Waals surface area (Å²) in [5, 5.41) is 16.0. The number of allylic oxidation sites excluding steroid dienone is 1. The summed E-state index contributed by atoms with van der Waals surface area (Å²) >= 11 is 0. The zero-order valence-corrected chi connectivity index (χ0v) is 8.80. The molecule has 5 heteroatoms. The predicted octanol–water partition coefficient (Wildman–Crippen LogP) is 1.34. The van der Waals surface area contributed by atoms with Crippen molar-refractivity contribution in [1.82, 2.24) is 14.7 Å². The molecule has 0 fully saturated rings. The lowest BCUT2D eigenvalue weighted by Crippen LogP contribution is -2.21. The maximum absolute atomic E-state index is 8.85. The van der Waals surface area contributed by atoms with Gasteiger partial charge in [0.2, 0.25) is 0 Å². The van der Waals surface area contributed by atoms with Gasteiger partial charge in [-0.05, 0) is 18.2 Å². The molecule has 0 aromatic carbocycles. The highest BCUT2D eigenvalue weighted by Gasteiger charge is 1.92. The summed E-state index contributed by atoms with van der Waals surface area (Å²) in [5.74, 6) is 0. The van der Waals surface area contributed by atoms with E-state index in [1.807, 2.05) is 24.5 Å². The van der Waals surface area contributed by atoms with Crippen LogP contribution >= 0.6 is 0 Å². The molecule has 0 unspecified atom stereocenters. The zero-order valence-electron chi connectivity index (χ0n) is 8.80. The Morgan fingerprint density at radius 1 is 1.50 bits per heavy atom. The summed E-state index contributed by atoms with van der Waals surface area (Å²) in [6, 6.07) is 5.53. The monoisotopic (exact) mass is 218 g/mol. The summed E-state index contributed by atoms with van der Waals surface area (Å²) in [6.45, 7) is 3.54. The van der Waals surface area contributed by atoms with Crippen LogP contribution in [-0.4, -0.2) is 19.9 Å². The summed E-state index contributed by atoms with van der Waals surface area (Å²) in [6.07, 6.45) is 7.45. The van der Waals surface area contributed by atoms with Gasteiger partial charge in [-0.1, -0.05) is 6.08 Å². The van der Waals surface area contributed by atoms with Crippen molar-refractivity contribution < 1.29 is 5.21 Å². The molecule has 0 aliphatic carbocycles. The van der Waals surface area contributed by atoms with Gasteiger partial charge in [0.05, 0.1) is 0 Å². The van der Waals surface area contributed by atoms with Gasteiger partial charge in [-0.25, -0.2) is 4.98 Å². The lowest BCUT2D eigenvalue weighted by molar-refractivity contribution is 0.164. The molecule has 2 rings (SSSR count). The molecule has 0 aliphatic heterocycles. The second kappa shape index (κ2) is 6.23. The lowest BCUT2D eigenvalue weighted by atomic mass is 10.3. The highest BCUT2D eigenvalue weighted by Crippen LogP contribution is 1.90. The van der Waals surface area contributed by atoms with E-state index >= 15 is 0 Å². The maximum atomic E-state index is 8.85. The van der Waals surface area contributed by atoms with Crippen molar-refractivity contribution in [1.29, 1.82) is 5.41 Å². The number of hydrogen-bond acceptors (Lipinski definition) is 3. The molecular weight excluding hydrogens is 204 g/mol. The largest absolute Gasteiger partial charge is 0.425 e. The molecule has 0 amide bonds. The van der Waals surface area contributed by atoms with Crippen molar-refractivity contribution in [3.05, 3.63) is 60.8 Å². The first-order valence-electron chi connectivity index (χ1n) is 4.75. The maximum Gasteiger partial charge on any atom is 0.255 e. The van der Waals surface area contributed by atoms with Crippen molar-refractivity contribution in [2.75, 3.05) is 0 Å². The number of aromatic nitrogens is 3. The Balaban J connectivity index is 0.000000212. The van der Waals surface area contributed by atoms with Gasteiger partial charge in [0.15, 0.2) is 0 Å². The second-order valence-electron chi connectivity index (χ2n) is 2.96. The van der Waals surface area contributed by atoms with Crippen LogP contribution in [0, 0.1) is 5.41 Å². The van der Waals surface area contributed by atoms with E-state index in [1.54, 1.807) is 12.1 Å². The Morgan fingerprint density at radius 3 is 2.62 bits per heavy atom. The van der Waals surface area contributed by atoms with Crippen LogP contribution in [0.3, 0.4) is 0 Å². The van der Waals surface area contributed by atoms with Crippen LogP contribution < -0.4 is 5.62 Å². The number of aromatic amines is 1. The number of H-pyrrole nitrogens is 1. The van der Waals surface area contributed by atoms with Gasteiger partial charge >= 0.3 is 0 Å². The van der Waals surface area contributed by atoms with E-state index in [1.165, 1.54) is 6.20 Å². The predicted molar refractivity (Wildman–Crippen MR) is 60.0 cm³/mol. The standard InChI is InChI=1S/C7H9N3O.C4H5N/c1-2-3-6-4-5-10(11)7(8)9-6;1-2-4-5-3-1/h2,4-5,8,11H,1,3H2;1-5H. The zero-order chi connectivity index (χ0) is 11.8. The van der Waals surface area contributed by atoms with Gasteiger partial charge in [-0.3, -0.25) is 5.41 Å². The van der Waals surface area contributed by atoms with Crippen LogP contribution in [0.2, 0.25) is 0 Å². The Morgan fingerprint density at radius 2 is 2.19 bits per heavy atom. The molecule has 2 heterocycles. The summed E-state index contributed by atoms with van der Waals surface area (Å²) < 4.78 is 0.659. The molecule has 2 aromatic heterocycles. The van der Waals surface area contributed by atoms with Crippen LogP contribution in [-0.2, 0) is 6.42 Å². The minimum Gasteiger partial charge on any atom is -0.425 e. The smallest absolute Gasteiger partial charge is 0.255 e. The van der Waals surface area contributed by atoms with E-state index in [-0.39, 0.29) is 5.62 Å². The third-order valence-corrected chi connectivity index (χ3v) is 1.72. The Bertz CT molecular complexity index is 456. The number of hydrogen-bond donors (Lipinski definition) is 3. The third-order valence-electron chi connectivity index (χ3n) is 1.72. The van der Waals surface area contributed by atoms with E-state index in [0.29, 0.717) is 11.2 Å². The van der Waals surface area contributed by atoms with Crippen molar-refractivity contribution in [3.63, 3.8) is 0 Å². The minimum absolute atomic E-state index is 0.163. The summed E-state index contributed by atoms with van der Waals surface area (Å²) in [7, 11) is 0. The molecule has 16 heavy (non-hydrogen) atoms. The first-order valence-corrected chi connectivity index (χ1v) is 4.75. The molecule has 0 atom stereocenters. The highest BCUT2D eigenvalue weighted by atomic mass is 16.5. The second-order valence-corrected chi connectivity index (χ2v) is 2.96. The van der Waals surface area contributed by atoms with Crippen LogP contribution in [0.4, 0.5) is 0 Å². The molecule has 0 bridgehead atoms. The molecule has 0 radical (unpaired) electrons.